The Kier molecular flexibility index (Phi) is 15.9. The van der Waals surface area contributed by atoms with E-state index < -0.39 is 0 Å². The van der Waals surface area contributed by atoms with Crippen molar-refractivity contribution in [2.45, 2.75) is 61.8 Å². The van der Waals surface area contributed by atoms with Crippen molar-refractivity contribution in [2.75, 3.05) is 0 Å². The van der Waals surface area contributed by atoms with Crippen LogP contribution in [0, 0.1) is 5.41 Å². The van der Waals surface area contributed by atoms with Gasteiger partial charge in [0.15, 0.2) is 0 Å². The van der Waals surface area contributed by atoms with Crippen LogP contribution in [0.5, 0.6) is 0 Å². The summed E-state index contributed by atoms with van der Waals surface area (Å²) < 4.78 is 0. The average Bonchev–Trinajstić information content (AvgIpc) is 2.43. The summed E-state index contributed by atoms with van der Waals surface area (Å²) in [6, 6.07) is 0. The zero-order valence-corrected chi connectivity index (χ0v) is 9.07. The SMILES string of the molecule is C.CC.CC.CC1(C)CC=CC1. The van der Waals surface area contributed by atoms with E-state index in [1.807, 2.05) is 27.7 Å². The minimum absolute atomic E-state index is 0. The lowest BCUT2D eigenvalue weighted by Gasteiger charge is -2.14. The molecule has 0 saturated carbocycles. The fourth-order valence-electron chi connectivity index (χ4n) is 0.888. The summed E-state index contributed by atoms with van der Waals surface area (Å²) in [5.74, 6) is 0. The lowest BCUT2D eigenvalue weighted by Crippen LogP contribution is -2.02. The highest BCUT2D eigenvalue weighted by Crippen LogP contribution is 2.30. The second-order valence-corrected chi connectivity index (χ2v) is 3.04. The maximum atomic E-state index is 2.30. The van der Waals surface area contributed by atoms with Crippen molar-refractivity contribution >= 4 is 0 Å². The maximum Gasteiger partial charge on any atom is -0.0285 e. The molecule has 0 saturated heterocycles. The zero-order chi connectivity index (χ0) is 9.33. The van der Waals surface area contributed by atoms with Crippen LogP contribution >= 0.6 is 0 Å². The molecule has 0 N–H and O–H groups in total. The molecule has 0 aromatic carbocycles. The first-order valence-electron chi connectivity index (χ1n) is 4.86. The van der Waals surface area contributed by atoms with Gasteiger partial charge in [-0.3, -0.25) is 0 Å². The van der Waals surface area contributed by atoms with E-state index >= 15 is 0 Å². The van der Waals surface area contributed by atoms with Crippen LogP contribution in [0.25, 0.3) is 0 Å². The van der Waals surface area contributed by atoms with E-state index in [1.54, 1.807) is 0 Å². The Morgan fingerprint density at radius 3 is 1.17 bits per heavy atom. The van der Waals surface area contributed by atoms with Crippen molar-refractivity contribution in [1.29, 1.82) is 0 Å². The fraction of sp³-hybridized carbons (Fsp3) is 0.833. The number of allylic oxidation sites excluding steroid dienone is 2. The summed E-state index contributed by atoms with van der Waals surface area (Å²) in [5.41, 5.74) is 0.583. The van der Waals surface area contributed by atoms with Gasteiger partial charge in [-0.1, -0.05) is 61.1 Å². The van der Waals surface area contributed by atoms with Crippen molar-refractivity contribution in [3.8, 4) is 0 Å². The molecule has 0 atom stereocenters. The second kappa shape index (κ2) is 10.7. The van der Waals surface area contributed by atoms with Crippen molar-refractivity contribution in [2.24, 2.45) is 5.41 Å². The summed E-state index contributed by atoms with van der Waals surface area (Å²) >= 11 is 0. The molecule has 0 heteroatoms. The monoisotopic (exact) mass is 172 g/mol. The van der Waals surface area contributed by atoms with Gasteiger partial charge in [-0.15, -0.1) is 0 Å². The number of hydrogen-bond acceptors (Lipinski definition) is 0. The molecule has 0 unspecified atom stereocenters. The van der Waals surface area contributed by atoms with Gasteiger partial charge in [-0.25, -0.2) is 0 Å². The Balaban J connectivity index is -0.000000144. The minimum Gasteiger partial charge on any atom is -0.0880 e. The molecule has 0 aliphatic heterocycles. The van der Waals surface area contributed by atoms with Gasteiger partial charge in [0.05, 0.1) is 0 Å². The van der Waals surface area contributed by atoms with Gasteiger partial charge in [-0.05, 0) is 18.3 Å². The summed E-state index contributed by atoms with van der Waals surface area (Å²) in [4.78, 5) is 0. The van der Waals surface area contributed by atoms with Gasteiger partial charge in [0.2, 0.25) is 0 Å². The third-order valence-electron chi connectivity index (χ3n) is 1.51. The topological polar surface area (TPSA) is 0 Å². The summed E-state index contributed by atoms with van der Waals surface area (Å²) in [7, 11) is 0. The van der Waals surface area contributed by atoms with Crippen LogP contribution in [0.15, 0.2) is 12.2 Å². The lowest BCUT2D eigenvalue weighted by atomic mass is 9.91. The molecule has 1 aliphatic rings. The summed E-state index contributed by atoms with van der Waals surface area (Å²) in [6.45, 7) is 12.6. The van der Waals surface area contributed by atoms with E-state index in [2.05, 4.69) is 26.0 Å². The molecular weight excluding hydrogens is 144 g/mol. The van der Waals surface area contributed by atoms with E-state index in [1.165, 1.54) is 12.8 Å². The van der Waals surface area contributed by atoms with Gasteiger partial charge in [0, 0.05) is 0 Å². The molecular formula is C12H28. The first kappa shape index (κ1) is 17.7. The van der Waals surface area contributed by atoms with Gasteiger partial charge < -0.3 is 0 Å². The van der Waals surface area contributed by atoms with Gasteiger partial charge in [0.25, 0.3) is 0 Å². The first-order valence-corrected chi connectivity index (χ1v) is 4.86. The summed E-state index contributed by atoms with van der Waals surface area (Å²) in [5, 5.41) is 0. The predicted molar refractivity (Wildman–Crippen MR) is 61.6 cm³/mol. The molecule has 76 valence electrons. The van der Waals surface area contributed by atoms with Crippen LogP contribution < -0.4 is 0 Å². The van der Waals surface area contributed by atoms with E-state index in [-0.39, 0.29) is 7.43 Å². The zero-order valence-electron chi connectivity index (χ0n) is 9.07. The molecule has 0 bridgehead atoms. The van der Waals surface area contributed by atoms with Crippen molar-refractivity contribution in [3.63, 3.8) is 0 Å². The Labute approximate surface area is 80.1 Å². The van der Waals surface area contributed by atoms with E-state index in [9.17, 15) is 0 Å². The van der Waals surface area contributed by atoms with Gasteiger partial charge >= 0.3 is 0 Å². The highest BCUT2D eigenvalue weighted by atomic mass is 14.2. The Morgan fingerprint density at radius 2 is 1.08 bits per heavy atom. The average molecular weight is 172 g/mol. The Morgan fingerprint density at radius 1 is 0.833 bits per heavy atom. The van der Waals surface area contributed by atoms with Crippen LogP contribution in [0.4, 0.5) is 0 Å². The number of hydrogen-bond donors (Lipinski definition) is 0. The van der Waals surface area contributed by atoms with Crippen molar-refractivity contribution in [1.82, 2.24) is 0 Å². The molecule has 0 amide bonds. The Bertz CT molecular complexity index is 78.2. The van der Waals surface area contributed by atoms with Crippen molar-refractivity contribution in [3.05, 3.63) is 12.2 Å². The normalized spacial score (nSPS) is 16.2. The first-order chi connectivity index (χ1) is 5.21. The third kappa shape index (κ3) is 9.74. The third-order valence-corrected chi connectivity index (χ3v) is 1.51. The van der Waals surface area contributed by atoms with E-state index in [4.69, 9.17) is 0 Å². The van der Waals surface area contributed by atoms with E-state index in [0.717, 1.165) is 0 Å². The largest absolute Gasteiger partial charge is 0.0880 e. The van der Waals surface area contributed by atoms with Crippen LogP contribution in [0.2, 0.25) is 0 Å². The molecule has 0 spiro atoms. The minimum atomic E-state index is 0. The van der Waals surface area contributed by atoms with E-state index in [0.29, 0.717) is 5.41 Å². The molecule has 0 heterocycles. The smallest absolute Gasteiger partial charge is 0.0285 e. The van der Waals surface area contributed by atoms with Crippen LogP contribution in [-0.4, -0.2) is 0 Å². The number of rotatable bonds is 0. The highest BCUT2D eigenvalue weighted by Gasteiger charge is 2.17. The highest BCUT2D eigenvalue weighted by molar-refractivity contribution is 4.98. The van der Waals surface area contributed by atoms with Crippen LogP contribution in [0.1, 0.15) is 61.8 Å². The quantitative estimate of drug-likeness (QED) is 0.448. The maximum absolute atomic E-state index is 2.30. The predicted octanol–water partition coefficient (Wildman–Crippen LogP) is 5.05. The lowest BCUT2D eigenvalue weighted by molar-refractivity contribution is 0.399. The van der Waals surface area contributed by atoms with Crippen molar-refractivity contribution < 1.29 is 0 Å². The molecule has 1 rings (SSSR count). The molecule has 0 radical (unpaired) electrons. The summed E-state index contributed by atoms with van der Waals surface area (Å²) in [6.07, 6.45) is 7.07. The molecule has 1 aliphatic carbocycles. The van der Waals surface area contributed by atoms with Crippen LogP contribution in [0.3, 0.4) is 0 Å². The molecule has 0 aromatic heterocycles. The van der Waals surface area contributed by atoms with Crippen LogP contribution in [-0.2, 0) is 0 Å². The molecule has 12 heavy (non-hydrogen) atoms. The molecule has 0 nitrogen and oxygen atoms in total. The molecule has 0 fully saturated rings. The Hall–Kier alpha value is -0.260. The molecule has 0 aromatic rings. The van der Waals surface area contributed by atoms with Gasteiger partial charge in [-0.2, -0.15) is 0 Å². The second-order valence-electron chi connectivity index (χ2n) is 3.04. The van der Waals surface area contributed by atoms with Gasteiger partial charge in [0.1, 0.15) is 0 Å². The fourth-order valence-corrected chi connectivity index (χ4v) is 0.888. The standard InChI is InChI=1S/C7H12.2C2H6.CH4/c1-7(2)5-3-4-6-7;2*1-2;/h3-4H,5-6H2,1-2H3;2*1-2H3;1H4.